The number of aromatic nitrogens is 3. The van der Waals surface area contributed by atoms with E-state index in [1.807, 2.05) is 5.38 Å². The first-order chi connectivity index (χ1) is 10.2. The number of carbonyl (C=O) groups is 1. The van der Waals surface area contributed by atoms with Gasteiger partial charge in [0.2, 0.25) is 0 Å². The van der Waals surface area contributed by atoms with Crippen LogP contribution in [0.3, 0.4) is 0 Å². The van der Waals surface area contributed by atoms with Crippen LogP contribution in [0.4, 0.5) is 0 Å². The molecule has 0 amide bonds. The van der Waals surface area contributed by atoms with Crippen molar-refractivity contribution in [1.82, 2.24) is 14.5 Å². The Morgan fingerprint density at radius 2 is 2.29 bits per heavy atom. The number of hydrogen-bond donors (Lipinski definition) is 1. The van der Waals surface area contributed by atoms with Gasteiger partial charge in [0, 0.05) is 11.8 Å². The summed E-state index contributed by atoms with van der Waals surface area (Å²) in [6.45, 7) is 2.73. The van der Waals surface area contributed by atoms with E-state index in [0.717, 1.165) is 35.4 Å². The Kier molecular flexibility index (Phi) is 3.70. The van der Waals surface area contributed by atoms with Crippen LogP contribution < -0.4 is 0 Å². The highest BCUT2D eigenvalue weighted by atomic mass is 32.1. The molecule has 0 spiro atoms. The van der Waals surface area contributed by atoms with Crippen molar-refractivity contribution in [3.05, 3.63) is 46.2 Å². The SMILES string of the molecule is CCCc1nc2ccc(C(=O)O)cc2n1Cc1cscn1. The number of carboxylic acid groups (broad SMARTS) is 1. The monoisotopic (exact) mass is 301 g/mol. The minimum absolute atomic E-state index is 0.282. The summed E-state index contributed by atoms with van der Waals surface area (Å²) in [5.74, 6) is 0.0541. The molecule has 2 aromatic heterocycles. The van der Waals surface area contributed by atoms with Crippen LogP contribution in [0.5, 0.6) is 0 Å². The van der Waals surface area contributed by atoms with Crippen LogP contribution in [0.15, 0.2) is 29.1 Å². The molecule has 2 heterocycles. The van der Waals surface area contributed by atoms with Crippen molar-refractivity contribution in [2.24, 2.45) is 0 Å². The number of imidazole rings is 1. The third-order valence-corrected chi connectivity index (χ3v) is 3.99. The maximum atomic E-state index is 11.2. The summed E-state index contributed by atoms with van der Waals surface area (Å²) in [5.41, 5.74) is 4.74. The zero-order valence-electron chi connectivity index (χ0n) is 11.6. The molecule has 6 heteroatoms. The smallest absolute Gasteiger partial charge is 0.335 e. The van der Waals surface area contributed by atoms with Crippen molar-refractivity contribution in [2.45, 2.75) is 26.3 Å². The van der Waals surface area contributed by atoms with Crippen LogP contribution in [0.25, 0.3) is 11.0 Å². The number of nitrogens with zero attached hydrogens (tertiary/aromatic N) is 3. The Morgan fingerprint density at radius 1 is 1.43 bits per heavy atom. The Morgan fingerprint density at radius 3 is 2.95 bits per heavy atom. The van der Waals surface area contributed by atoms with Gasteiger partial charge >= 0.3 is 5.97 Å². The lowest BCUT2D eigenvalue weighted by Crippen LogP contribution is -2.06. The fraction of sp³-hybridized carbons (Fsp3) is 0.267. The topological polar surface area (TPSA) is 68.0 Å². The summed E-state index contributed by atoms with van der Waals surface area (Å²) in [5, 5.41) is 11.2. The van der Waals surface area contributed by atoms with Crippen LogP contribution >= 0.6 is 11.3 Å². The van der Waals surface area contributed by atoms with Gasteiger partial charge in [0.25, 0.3) is 0 Å². The molecule has 0 saturated heterocycles. The first-order valence-corrected chi connectivity index (χ1v) is 7.73. The van der Waals surface area contributed by atoms with Crippen molar-refractivity contribution in [2.75, 3.05) is 0 Å². The van der Waals surface area contributed by atoms with Crippen molar-refractivity contribution in [1.29, 1.82) is 0 Å². The van der Waals surface area contributed by atoms with Crippen molar-refractivity contribution in [3.63, 3.8) is 0 Å². The molecule has 0 atom stereocenters. The molecule has 108 valence electrons. The number of benzene rings is 1. The average Bonchev–Trinajstić information content (AvgIpc) is 3.08. The van der Waals surface area contributed by atoms with Crippen LogP contribution in [-0.4, -0.2) is 25.6 Å². The van der Waals surface area contributed by atoms with E-state index in [9.17, 15) is 4.79 Å². The molecule has 3 rings (SSSR count). The highest BCUT2D eigenvalue weighted by Crippen LogP contribution is 2.21. The third-order valence-electron chi connectivity index (χ3n) is 3.35. The summed E-state index contributed by atoms with van der Waals surface area (Å²) in [4.78, 5) is 20.1. The molecule has 3 aromatic rings. The van der Waals surface area contributed by atoms with Crippen molar-refractivity contribution in [3.8, 4) is 0 Å². The average molecular weight is 301 g/mol. The number of hydrogen-bond acceptors (Lipinski definition) is 4. The summed E-state index contributed by atoms with van der Waals surface area (Å²) in [6.07, 6.45) is 1.85. The minimum Gasteiger partial charge on any atom is -0.478 e. The summed E-state index contributed by atoms with van der Waals surface area (Å²) in [6, 6.07) is 5.06. The van der Waals surface area contributed by atoms with E-state index in [2.05, 4.69) is 21.5 Å². The second kappa shape index (κ2) is 5.65. The maximum Gasteiger partial charge on any atom is 0.335 e. The van der Waals surface area contributed by atoms with Gasteiger partial charge in [-0.1, -0.05) is 6.92 Å². The van der Waals surface area contributed by atoms with Gasteiger partial charge < -0.3 is 9.67 Å². The van der Waals surface area contributed by atoms with E-state index in [1.165, 1.54) is 0 Å². The molecule has 1 N–H and O–H groups in total. The number of aryl methyl sites for hydroxylation is 1. The van der Waals surface area contributed by atoms with Gasteiger partial charge in [-0.15, -0.1) is 11.3 Å². The zero-order chi connectivity index (χ0) is 14.8. The summed E-state index contributed by atoms with van der Waals surface area (Å²) < 4.78 is 2.07. The second-order valence-electron chi connectivity index (χ2n) is 4.85. The predicted molar refractivity (Wildman–Crippen MR) is 81.9 cm³/mol. The van der Waals surface area contributed by atoms with Crippen LogP contribution in [0, 0.1) is 0 Å². The molecule has 0 aliphatic carbocycles. The number of fused-ring (bicyclic) bond motifs is 1. The molecule has 0 aliphatic rings. The van der Waals surface area contributed by atoms with Gasteiger partial charge in [-0.2, -0.15) is 0 Å². The van der Waals surface area contributed by atoms with Gasteiger partial charge in [-0.3, -0.25) is 0 Å². The van der Waals surface area contributed by atoms with Crippen LogP contribution in [0.2, 0.25) is 0 Å². The molecule has 0 radical (unpaired) electrons. The number of rotatable bonds is 5. The molecular weight excluding hydrogens is 286 g/mol. The fourth-order valence-electron chi connectivity index (χ4n) is 2.37. The Bertz CT molecular complexity index is 778. The lowest BCUT2D eigenvalue weighted by atomic mass is 10.2. The Balaban J connectivity index is 2.13. The number of aromatic carboxylic acids is 1. The molecule has 0 unspecified atom stereocenters. The van der Waals surface area contributed by atoms with Gasteiger partial charge in [0.15, 0.2) is 0 Å². The highest BCUT2D eigenvalue weighted by Gasteiger charge is 2.13. The van der Waals surface area contributed by atoms with E-state index in [4.69, 9.17) is 5.11 Å². The van der Waals surface area contributed by atoms with Gasteiger partial charge in [-0.05, 0) is 24.6 Å². The Labute approximate surface area is 125 Å². The van der Waals surface area contributed by atoms with E-state index in [-0.39, 0.29) is 5.56 Å². The van der Waals surface area contributed by atoms with E-state index in [1.54, 1.807) is 35.0 Å². The molecule has 0 fully saturated rings. The van der Waals surface area contributed by atoms with Crippen LogP contribution in [-0.2, 0) is 13.0 Å². The standard InChI is InChI=1S/C15H15N3O2S/c1-2-3-14-17-12-5-4-10(15(19)20)6-13(12)18(14)7-11-8-21-9-16-11/h4-6,8-9H,2-3,7H2,1H3,(H,19,20). The van der Waals surface area contributed by atoms with Crippen LogP contribution in [0.1, 0.15) is 35.2 Å². The van der Waals surface area contributed by atoms with E-state index >= 15 is 0 Å². The lowest BCUT2D eigenvalue weighted by molar-refractivity contribution is 0.0697. The second-order valence-corrected chi connectivity index (χ2v) is 5.57. The molecule has 0 bridgehead atoms. The Hall–Kier alpha value is -2.21. The molecule has 1 aromatic carbocycles. The lowest BCUT2D eigenvalue weighted by Gasteiger charge is -2.07. The molecule has 0 saturated carbocycles. The van der Waals surface area contributed by atoms with Crippen molar-refractivity contribution >= 4 is 28.3 Å². The molecule has 21 heavy (non-hydrogen) atoms. The van der Waals surface area contributed by atoms with E-state index in [0.29, 0.717) is 6.54 Å². The number of thiazole rings is 1. The van der Waals surface area contributed by atoms with Gasteiger partial charge in [0.05, 0.1) is 34.3 Å². The largest absolute Gasteiger partial charge is 0.478 e. The third kappa shape index (κ3) is 2.67. The quantitative estimate of drug-likeness (QED) is 0.786. The van der Waals surface area contributed by atoms with E-state index < -0.39 is 5.97 Å². The molecule has 0 aliphatic heterocycles. The maximum absolute atomic E-state index is 11.2. The van der Waals surface area contributed by atoms with Crippen molar-refractivity contribution < 1.29 is 9.90 Å². The first-order valence-electron chi connectivity index (χ1n) is 6.78. The predicted octanol–water partition coefficient (Wildman–Crippen LogP) is 3.19. The fourth-order valence-corrected chi connectivity index (χ4v) is 2.92. The highest BCUT2D eigenvalue weighted by molar-refractivity contribution is 7.07. The molecule has 5 nitrogen and oxygen atoms in total. The summed E-state index contributed by atoms with van der Waals surface area (Å²) >= 11 is 1.56. The minimum atomic E-state index is -0.921. The zero-order valence-corrected chi connectivity index (χ0v) is 12.4. The first kappa shape index (κ1) is 13.8. The van der Waals surface area contributed by atoms with Gasteiger partial charge in [0.1, 0.15) is 5.82 Å². The normalized spacial score (nSPS) is 11.1. The van der Waals surface area contributed by atoms with Gasteiger partial charge in [-0.25, -0.2) is 14.8 Å². The summed E-state index contributed by atoms with van der Waals surface area (Å²) in [7, 11) is 0. The molecular formula is C15H15N3O2S. The number of carboxylic acids is 1.